The number of esters is 1. The van der Waals surface area contributed by atoms with Gasteiger partial charge in [0.25, 0.3) is 0 Å². The van der Waals surface area contributed by atoms with Crippen molar-refractivity contribution < 1.29 is 36.2 Å². The number of benzene rings is 2. The van der Waals surface area contributed by atoms with E-state index in [0.717, 1.165) is 12.1 Å². The van der Waals surface area contributed by atoms with E-state index in [0.29, 0.717) is 11.1 Å². The summed E-state index contributed by atoms with van der Waals surface area (Å²) in [6.45, 7) is 3.43. The predicted octanol–water partition coefficient (Wildman–Crippen LogP) is 5.76. The van der Waals surface area contributed by atoms with E-state index in [1.807, 2.05) is 0 Å². The van der Waals surface area contributed by atoms with Crippen LogP contribution < -0.4 is 4.74 Å². The molecule has 0 atom stereocenters. The van der Waals surface area contributed by atoms with Crippen molar-refractivity contribution in [1.29, 1.82) is 0 Å². The zero-order chi connectivity index (χ0) is 20.8. The van der Waals surface area contributed by atoms with Gasteiger partial charge in [0.15, 0.2) is 0 Å². The molecule has 0 saturated heterocycles. The summed E-state index contributed by atoms with van der Waals surface area (Å²) in [6, 6.07) is 13.0. The van der Waals surface area contributed by atoms with Gasteiger partial charge in [0, 0.05) is 6.42 Å². The first kappa shape index (κ1) is 21.4. The molecule has 0 amide bonds. The molecule has 0 radical (unpaired) electrons. The number of aryl methyl sites for hydroxylation is 1. The third-order valence-electron chi connectivity index (χ3n) is 3.67. The summed E-state index contributed by atoms with van der Waals surface area (Å²) < 4.78 is 72.5. The highest BCUT2D eigenvalue weighted by Crippen LogP contribution is 2.27. The van der Waals surface area contributed by atoms with Crippen LogP contribution >= 0.6 is 0 Å². The molecule has 0 N–H and O–H groups in total. The van der Waals surface area contributed by atoms with Crippen molar-refractivity contribution in [3.05, 3.63) is 72.3 Å². The summed E-state index contributed by atoms with van der Waals surface area (Å²) in [5.74, 6) is -1.65. The lowest BCUT2D eigenvalue weighted by Gasteiger charge is -2.18. The second-order valence-electron chi connectivity index (χ2n) is 5.91. The molecule has 0 saturated carbocycles. The van der Waals surface area contributed by atoms with Crippen molar-refractivity contribution in [2.24, 2.45) is 0 Å². The Balaban J connectivity index is 1.90. The van der Waals surface area contributed by atoms with Crippen LogP contribution in [0.15, 0.2) is 61.2 Å². The van der Waals surface area contributed by atoms with Crippen molar-refractivity contribution in [2.75, 3.05) is 0 Å². The van der Waals surface area contributed by atoms with Crippen LogP contribution in [0.1, 0.15) is 24.0 Å². The molecule has 2 rings (SSSR count). The number of ether oxygens (including phenoxy) is 2. The number of carbonyl (C=O) groups excluding carboxylic acids is 1. The molecule has 2 aromatic carbocycles. The monoisotopic (exact) mass is 400 g/mol. The molecule has 0 bridgehead atoms. The van der Waals surface area contributed by atoms with Crippen molar-refractivity contribution in [3.63, 3.8) is 0 Å². The third-order valence-corrected chi connectivity index (χ3v) is 3.67. The molecule has 28 heavy (non-hydrogen) atoms. The molecular formula is C20H17F5O3. The van der Waals surface area contributed by atoms with Crippen molar-refractivity contribution >= 4 is 11.5 Å². The van der Waals surface area contributed by atoms with Crippen molar-refractivity contribution in [3.8, 4) is 5.75 Å². The van der Waals surface area contributed by atoms with Crippen LogP contribution in [0.3, 0.4) is 0 Å². The first-order chi connectivity index (χ1) is 13.1. The molecule has 0 unspecified atom stereocenters. The fraction of sp³-hybridized carbons (Fsp3) is 0.250. The van der Waals surface area contributed by atoms with Crippen LogP contribution in [-0.4, -0.2) is 18.4 Å². The van der Waals surface area contributed by atoms with E-state index in [4.69, 9.17) is 0 Å². The maximum atomic E-state index is 13.8. The van der Waals surface area contributed by atoms with E-state index < -0.39 is 24.9 Å². The van der Waals surface area contributed by atoms with Crippen LogP contribution in [0.25, 0.3) is 5.57 Å². The molecule has 0 spiro atoms. The average Bonchev–Trinajstić information content (AvgIpc) is 2.61. The van der Waals surface area contributed by atoms with Gasteiger partial charge >= 0.3 is 18.4 Å². The summed E-state index contributed by atoms with van der Waals surface area (Å²) >= 11 is 0. The normalized spacial score (nSPS) is 11.8. The maximum Gasteiger partial charge on any atom is 0.588 e. The highest BCUT2D eigenvalue weighted by molar-refractivity contribution is 6.15. The lowest BCUT2D eigenvalue weighted by atomic mass is 10.1. The standard InChI is InChI=1S/C20H17F5O3/c1-14(16-7-3-2-4-8-16)18(26)28-20(24,25)27-17-11-9-15(10-12-17)6-5-13-19(21,22)23/h2-4,7-12H,1,5-6,13H2. The Labute approximate surface area is 158 Å². The van der Waals surface area contributed by atoms with Gasteiger partial charge < -0.3 is 9.47 Å². The summed E-state index contributed by atoms with van der Waals surface area (Å²) in [6.07, 6.45) is -9.38. The number of hydrogen-bond donors (Lipinski definition) is 0. The zero-order valence-corrected chi connectivity index (χ0v) is 14.6. The first-order valence-corrected chi connectivity index (χ1v) is 8.26. The number of alkyl halides is 5. The topological polar surface area (TPSA) is 35.5 Å². The molecule has 3 nitrogen and oxygen atoms in total. The Hall–Kier alpha value is -2.90. The second kappa shape index (κ2) is 8.86. The first-order valence-electron chi connectivity index (χ1n) is 8.26. The number of rotatable bonds is 8. The molecule has 0 heterocycles. The summed E-state index contributed by atoms with van der Waals surface area (Å²) in [7, 11) is 0. The predicted molar refractivity (Wildman–Crippen MR) is 92.6 cm³/mol. The Morgan fingerprint density at radius 2 is 1.54 bits per heavy atom. The zero-order valence-electron chi connectivity index (χ0n) is 14.6. The van der Waals surface area contributed by atoms with Crippen LogP contribution in [0.5, 0.6) is 5.75 Å². The Morgan fingerprint density at radius 1 is 0.929 bits per heavy atom. The second-order valence-corrected chi connectivity index (χ2v) is 5.91. The van der Waals surface area contributed by atoms with Gasteiger partial charge in [-0.3, -0.25) is 0 Å². The Bertz CT molecular complexity index is 799. The molecule has 2 aromatic rings. The molecule has 0 fully saturated rings. The van der Waals surface area contributed by atoms with Crippen molar-refractivity contribution in [1.82, 2.24) is 0 Å². The molecule has 0 aliphatic carbocycles. The minimum Gasteiger partial charge on any atom is -0.399 e. The van der Waals surface area contributed by atoms with Gasteiger partial charge in [0.05, 0.1) is 5.57 Å². The summed E-state index contributed by atoms with van der Waals surface area (Å²) in [5.41, 5.74) is 0.602. The van der Waals surface area contributed by atoms with Crippen LogP contribution in [0.2, 0.25) is 0 Å². The lowest BCUT2D eigenvalue weighted by molar-refractivity contribution is -0.331. The highest BCUT2D eigenvalue weighted by atomic mass is 19.4. The summed E-state index contributed by atoms with van der Waals surface area (Å²) in [4.78, 5) is 11.8. The lowest BCUT2D eigenvalue weighted by Crippen LogP contribution is -2.31. The summed E-state index contributed by atoms with van der Waals surface area (Å²) in [5, 5.41) is 0. The molecule has 8 heteroatoms. The molecule has 0 aromatic heterocycles. The Morgan fingerprint density at radius 3 is 2.11 bits per heavy atom. The smallest absolute Gasteiger partial charge is 0.399 e. The van der Waals surface area contributed by atoms with Crippen LogP contribution in [0, 0.1) is 0 Å². The van der Waals surface area contributed by atoms with Gasteiger partial charge in [-0.2, -0.15) is 13.2 Å². The van der Waals surface area contributed by atoms with Crippen LogP contribution in [-0.2, 0) is 16.0 Å². The molecule has 150 valence electrons. The van der Waals surface area contributed by atoms with E-state index in [1.54, 1.807) is 18.2 Å². The van der Waals surface area contributed by atoms with Gasteiger partial charge in [-0.25, -0.2) is 4.79 Å². The Kier molecular flexibility index (Phi) is 6.77. The third kappa shape index (κ3) is 7.02. The molecule has 0 aliphatic heterocycles. The van der Waals surface area contributed by atoms with E-state index in [9.17, 15) is 26.7 Å². The number of carbonyl (C=O) groups is 1. The quantitative estimate of drug-likeness (QED) is 0.245. The van der Waals surface area contributed by atoms with Gasteiger partial charge in [0.2, 0.25) is 0 Å². The van der Waals surface area contributed by atoms with E-state index in [-0.39, 0.29) is 24.2 Å². The number of hydrogen-bond acceptors (Lipinski definition) is 3. The number of halogens is 5. The minimum atomic E-state index is -4.24. The van der Waals surface area contributed by atoms with Gasteiger partial charge in [-0.1, -0.05) is 49.0 Å². The van der Waals surface area contributed by atoms with Gasteiger partial charge in [-0.05, 0) is 36.1 Å². The fourth-order valence-corrected chi connectivity index (χ4v) is 2.30. The maximum absolute atomic E-state index is 13.8. The average molecular weight is 400 g/mol. The highest BCUT2D eigenvalue weighted by Gasteiger charge is 2.39. The van der Waals surface area contributed by atoms with E-state index in [1.165, 1.54) is 24.3 Å². The van der Waals surface area contributed by atoms with E-state index >= 15 is 0 Å². The molecule has 0 aliphatic rings. The molecular weight excluding hydrogens is 383 g/mol. The minimum absolute atomic E-state index is 0.112. The van der Waals surface area contributed by atoms with E-state index in [2.05, 4.69) is 16.1 Å². The fourth-order valence-electron chi connectivity index (χ4n) is 2.30. The largest absolute Gasteiger partial charge is 0.588 e. The SMILES string of the molecule is C=C(C(=O)OC(F)(F)Oc1ccc(CCCC(F)(F)F)cc1)c1ccccc1. The van der Waals surface area contributed by atoms with Crippen molar-refractivity contribution in [2.45, 2.75) is 31.7 Å². The van der Waals surface area contributed by atoms with Crippen LogP contribution in [0.4, 0.5) is 22.0 Å². The van der Waals surface area contributed by atoms with Gasteiger partial charge in [-0.15, -0.1) is 8.78 Å². The van der Waals surface area contributed by atoms with Gasteiger partial charge in [0.1, 0.15) is 5.75 Å².